The molecule has 0 fully saturated rings. The van der Waals surface area contributed by atoms with E-state index in [1.165, 1.54) is 6.92 Å². The van der Waals surface area contributed by atoms with Gasteiger partial charge in [0.15, 0.2) is 5.12 Å². The Morgan fingerprint density at radius 3 is 2.33 bits per heavy atom. The van der Waals surface area contributed by atoms with Gasteiger partial charge in [0.2, 0.25) is 0 Å². The molecule has 7 heteroatoms. The summed E-state index contributed by atoms with van der Waals surface area (Å²) in [5.74, 6) is -1.62. The summed E-state index contributed by atoms with van der Waals surface area (Å²) in [4.78, 5) is 32.5. The van der Waals surface area contributed by atoms with Crippen LogP contribution in [0.25, 0.3) is 5.73 Å². The van der Waals surface area contributed by atoms with E-state index < -0.39 is 17.8 Å². The van der Waals surface area contributed by atoms with E-state index in [1.54, 1.807) is 6.92 Å². The van der Waals surface area contributed by atoms with Gasteiger partial charge in [0.25, 0.3) is 5.97 Å². The fraction of sp³-hybridized carbons (Fsp3) is 0.625. The summed E-state index contributed by atoms with van der Waals surface area (Å²) in [5, 5.41) is -0.214. The summed E-state index contributed by atoms with van der Waals surface area (Å²) < 4.78 is 4.49. The van der Waals surface area contributed by atoms with Crippen molar-refractivity contribution in [3.05, 3.63) is 5.73 Å². The van der Waals surface area contributed by atoms with Gasteiger partial charge in [0.1, 0.15) is 5.78 Å². The summed E-state index contributed by atoms with van der Waals surface area (Å²) in [6.45, 7) is 3.06. The molecule has 0 spiro atoms. The van der Waals surface area contributed by atoms with Crippen LogP contribution in [0.2, 0.25) is 0 Å². The molecule has 1 radical (unpaired) electrons. The van der Waals surface area contributed by atoms with Crippen molar-refractivity contribution in [1.82, 2.24) is 0 Å². The number of ether oxygens (including phenoxy) is 1. The molecule has 1 N–H and O–H groups in total. The van der Waals surface area contributed by atoms with E-state index in [0.717, 1.165) is 11.8 Å². The van der Waals surface area contributed by atoms with Crippen LogP contribution in [0.3, 0.4) is 0 Å². The number of ketones is 1. The molecule has 0 saturated carbocycles. The molecular weight excluding hydrogens is 433 g/mol. The van der Waals surface area contributed by atoms with Gasteiger partial charge in [-0.1, -0.05) is 11.8 Å². The predicted molar refractivity (Wildman–Crippen MR) is 52.9 cm³/mol. The minimum Gasteiger partial charge on any atom is -0.659 e. The first kappa shape index (κ1) is 17.9. The predicted octanol–water partition coefficient (Wildman–Crippen LogP) is 0.819. The van der Waals surface area contributed by atoms with Crippen molar-refractivity contribution in [3.63, 3.8) is 0 Å². The molecule has 0 bridgehead atoms. The number of rotatable bonds is 5. The van der Waals surface area contributed by atoms with Crippen LogP contribution in [-0.2, 0) is 19.1 Å². The normalized spacial score (nSPS) is 11.1. The number of hydrogen-bond donors (Lipinski definition) is 0. The number of Topliss-reactive ketones (excluding diaryl/α,β-unsaturated/α-hetero) is 1. The third kappa shape index (κ3) is 8.38. The maximum Gasteiger partial charge on any atom is 0.295 e. The van der Waals surface area contributed by atoms with Gasteiger partial charge in [-0.3, -0.25) is 14.4 Å². The zero-order valence-corrected chi connectivity index (χ0v) is 14.2. The maximum absolute atomic E-state index is 11.1. The van der Waals surface area contributed by atoms with Crippen LogP contribution in [0.5, 0.6) is 0 Å². The Kier molecular flexibility index (Phi) is 11.7. The molecule has 15 heavy (non-hydrogen) atoms. The molecule has 0 heterocycles. The largest absolute Gasteiger partial charge is 0.659 e. The van der Waals surface area contributed by atoms with Crippen molar-refractivity contribution < 1.29 is 63.2 Å². The van der Waals surface area contributed by atoms with Crippen LogP contribution in [0.1, 0.15) is 13.8 Å². The van der Waals surface area contributed by atoms with Crippen LogP contribution < -0.4 is 0 Å². The van der Waals surface area contributed by atoms with Crippen molar-refractivity contribution >= 4 is 28.6 Å². The molecule has 1 atom stereocenters. The van der Waals surface area contributed by atoms with E-state index in [9.17, 15) is 14.4 Å². The van der Waals surface area contributed by atoms with Crippen LogP contribution >= 0.6 is 11.8 Å². The summed E-state index contributed by atoms with van der Waals surface area (Å²) in [6.07, 6.45) is 0. The van der Waals surface area contributed by atoms with Crippen molar-refractivity contribution in [3.8, 4) is 0 Å². The van der Waals surface area contributed by atoms with E-state index in [4.69, 9.17) is 5.73 Å². The van der Waals surface area contributed by atoms with Crippen molar-refractivity contribution in [2.75, 3.05) is 12.4 Å². The van der Waals surface area contributed by atoms with Crippen molar-refractivity contribution in [2.24, 2.45) is 0 Å². The number of carbonyl (C=O) groups is 3. The van der Waals surface area contributed by atoms with Crippen LogP contribution in [0.4, 0.5) is 0 Å². The van der Waals surface area contributed by atoms with Gasteiger partial charge < -0.3 is 10.5 Å². The molecule has 0 aliphatic rings. The molecule has 0 aliphatic heterocycles. The second-order valence-corrected chi connectivity index (χ2v) is 3.58. The monoisotopic (exact) mass is 445 g/mol. The SMILES string of the molecule is CCOC(=O)C([NH-])C(=O)CSC(C)=O.[Ac]. The molecule has 0 aromatic carbocycles. The number of esters is 1. The molecule has 83 valence electrons. The van der Waals surface area contributed by atoms with Gasteiger partial charge >= 0.3 is 0 Å². The topological polar surface area (TPSA) is 84.2 Å². The molecule has 0 aliphatic carbocycles. The van der Waals surface area contributed by atoms with Crippen LogP contribution in [-0.4, -0.2) is 35.3 Å². The molecule has 0 aromatic rings. The zero-order chi connectivity index (χ0) is 11.1. The molecular formula is C8H12AcNO4S-. The Bertz CT molecular complexity index is 247. The number of thioether (sulfide) groups is 1. The first-order valence-corrected chi connectivity index (χ1v) is 5.01. The van der Waals surface area contributed by atoms with E-state index in [0.29, 0.717) is 0 Å². The minimum absolute atomic E-state index is 0. The van der Waals surface area contributed by atoms with E-state index >= 15 is 0 Å². The molecule has 0 aromatic heterocycles. The van der Waals surface area contributed by atoms with Crippen LogP contribution in [0.15, 0.2) is 0 Å². The number of hydrogen-bond acceptors (Lipinski definition) is 5. The fourth-order valence-electron chi connectivity index (χ4n) is 0.613. The van der Waals surface area contributed by atoms with Gasteiger partial charge in [-0.15, -0.1) is 0 Å². The Hall–Kier alpha value is 0.562. The Morgan fingerprint density at radius 1 is 1.40 bits per heavy atom. The van der Waals surface area contributed by atoms with Crippen molar-refractivity contribution in [2.45, 2.75) is 19.9 Å². The standard InChI is InChI=1S/C8H12NO4S.Ac/c1-3-13-8(12)7(9)6(11)4-14-5(2)10;/h7,9H,3-4H2,1-2H3;/q-1;. The summed E-state index contributed by atoms with van der Waals surface area (Å²) in [5.41, 5.74) is 7.18. The smallest absolute Gasteiger partial charge is 0.295 e. The first-order valence-electron chi connectivity index (χ1n) is 4.02. The quantitative estimate of drug-likeness (QED) is 0.462. The summed E-state index contributed by atoms with van der Waals surface area (Å²) >= 11 is 0.787. The molecule has 1 unspecified atom stereocenters. The summed E-state index contributed by atoms with van der Waals surface area (Å²) in [6, 6.07) is -1.53. The third-order valence-corrected chi connectivity index (χ3v) is 2.10. The van der Waals surface area contributed by atoms with E-state index in [1.807, 2.05) is 0 Å². The average molecular weight is 445 g/mol. The maximum atomic E-state index is 11.1. The molecule has 0 amide bonds. The van der Waals surface area contributed by atoms with E-state index in [2.05, 4.69) is 4.74 Å². The third-order valence-electron chi connectivity index (χ3n) is 1.26. The first-order chi connectivity index (χ1) is 6.49. The second kappa shape index (κ2) is 9.76. The Balaban J connectivity index is 0. The minimum atomic E-state index is -1.53. The van der Waals surface area contributed by atoms with Crippen molar-refractivity contribution in [1.29, 1.82) is 0 Å². The Morgan fingerprint density at radius 2 is 1.93 bits per heavy atom. The van der Waals surface area contributed by atoms with E-state index in [-0.39, 0.29) is 61.5 Å². The average Bonchev–Trinajstić information content (AvgIpc) is 2.13. The van der Waals surface area contributed by atoms with Gasteiger partial charge in [-0.2, -0.15) is 0 Å². The Labute approximate surface area is 128 Å². The van der Waals surface area contributed by atoms with Gasteiger partial charge in [-0.05, 0) is 6.92 Å². The molecule has 5 nitrogen and oxygen atoms in total. The fourth-order valence-corrected chi connectivity index (χ4v) is 1.13. The number of nitrogens with one attached hydrogen (secondary N) is 1. The van der Waals surface area contributed by atoms with Gasteiger partial charge in [0.05, 0.1) is 12.4 Å². The molecule has 0 rings (SSSR count). The second-order valence-electron chi connectivity index (χ2n) is 2.43. The zero-order valence-electron chi connectivity index (χ0n) is 8.61. The number of carbonyl (C=O) groups excluding carboxylic acids is 3. The summed E-state index contributed by atoms with van der Waals surface area (Å²) in [7, 11) is 0. The molecule has 0 saturated heterocycles. The van der Waals surface area contributed by atoms with Gasteiger partial charge in [0, 0.05) is 57.0 Å². The van der Waals surface area contributed by atoms with Gasteiger partial charge in [-0.25, -0.2) is 0 Å². The van der Waals surface area contributed by atoms with Crippen LogP contribution in [0, 0.1) is 44.1 Å².